The highest BCUT2D eigenvalue weighted by Gasteiger charge is 2.21. The molecule has 0 atom stereocenters. The zero-order valence-electron chi connectivity index (χ0n) is 9.19. The van der Waals surface area contributed by atoms with Crippen LogP contribution in [0.15, 0.2) is 15.9 Å². The van der Waals surface area contributed by atoms with Crippen LogP contribution in [0.3, 0.4) is 0 Å². The molecule has 0 saturated heterocycles. The fourth-order valence-electron chi connectivity index (χ4n) is 2.10. The van der Waals surface area contributed by atoms with Crippen molar-refractivity contribution >= 4 is 27.3 Å². The first-order valence-corrected chi connectivity index (χ1v) is 7.41. The average molecular weight is 305 g/mol. The minimum absolute atomic E-state index is 0.337. The van der Waals surface area contributed by atoms with Crippen LogP contribution in [-0.4, -0.2) is 17.8 Å². The Balaban J connectivity index is 1.73. The molecule has 1 aromatic rings. The van der Waals surface area contributed by atoms with Crippen LogP contribution in [0.4, 0.5) is 0 Å². The van der Waals surface area contributed by atoms with E-state index in [1.54, 1.807) is 11.3 Å². The highest BCUT2D eigenvalue weighted by molar-refractivity contribution is 9.10. The van der Waals surface area contributed by atoms with Crippen molar-refractivity contribution in [3.8, 4) is 0 Å². The molecule has 0 aromatic carbocycles. The standard InChI is InChI=1S/C12H17BrO2S/c13-11-5-6-16-12(11)8-15-10-3-1-9(7-14)2-4-10/h5-6,9-10,14H,1-4,7-8H2. The smallest absolute Gasteiger partial charge is 0.0824 e. The van der Waals surface area contributed by atoms with Crippen LogP contribution < -0.4 is 0 Å². The highest BCUT2D eigenvalue weighted by atomic mass is 79.9. The number of hydrogen-bond donors (Lipinski definition) is 1. The summed E-state index contributed by atoms with van der Waals surface area (Å²) < 4.78 is 7.05. The first-order valence-electron chi connectivity index (χ1n) is 5.74. The highest BCUT2D eigenvalue weighted by Crippen LogP contribution is 2.28. The van der Waals surface area contributed by atoms with E-state index >= 15 is 0 Å². The number of aliphatic hydroxyl groups excluding tert-OH is 1. The van der Waals surface area contributed by atoms with Gasteiger partial charge in [0.2, 0.25) is 0 Å². The SMILES string of the molecule is OCC1CCC(OCc2sccc2Br)CC1. The van der Waals surface area contributed by atoms with Crippen molar-refractivity contribution in [3.05, 3.63) is 20.8 Å². The molecule has 0 radical (unpaired) electrons. The van der Waals surface area contributed by atoms with Crippen LogP contribution in [0.2, 0.25) is 0 Å². The molecular weight excluding hydrogens is 288 g/mol. The lowest BCUT2D eigenvalue weighted by Gasteiger charge is -2.27. The molecule has 0 bridgehead atoms. The summed E-state index contributed by atoms with van der Waals surface area (Å²) in [4.78, 5) is 1.27. The molecule has 2 rings (SSSR count). The molecule has 90 valence electrons. The molecule has 1 N–H and O–H groups in total. The third kappa shape index (κ3) is 3.29. The van der Waals surface area contributed by atoms with E-state index < -0.39 is 0 Å². The van der Waals surface area contributed by atoms with E-state index in [1.165, 1.54) is 4.88 Å². The molecule has 4 heteroatoms. The Kier molecular flexibility index (Phi) is 4.82. The zero-order valence-corrected chi connectivity index (χ0v) is 11.6. The Hall–Kier alpha value is 0.100. The van der Waals surface area contributed by atoms with E-state index in [4.69, 9.17) is 9.84 Å². The van der Waals surface area contributed by atoms with Gasteiger partial charge < -0.3 is 9.84 Å². The fourth-order valence-corrected chi connectivity index (χ4v) is 3.49. The van der Waals surface area contributed by atoms with Crippen molar-refractivity contribution in [2.45, 2.75) is 38.4 Å². The van der Waals surface area contributed by atoms with Gasteiger partial charge in [0.15, 0.2) is 0 Å². The predicted molar refractivity (Wildman–Crippen MR) is 69.6 cm³/mol. The molecule has 16 heavy (non-hydrogen) atoms. The lowest BCUT2D eigenvalue weighted by molar-refractivity contribution is 0.00215. The second-order valence-electron chi connectivity index (χ2n) is 4.33. The Morgan fingerprint density at radius 3 is 2.69 bits per heavy atom. The first-order chi connectivity index (χ1) is 7.79. The zero-order chi connectivity index (χ0) is 11.4. The van der Waals surface area contributed by atoms with E-state index in [-0.39, 0.29) is 0 Å². The maximum absolute atomic E-state index is 9.05. The second kappa shape index (κ2) is 6.15. The van der Waals surface area contributed by atoms with Crippen molar-refractivity contribution in [2.75, 3.05) is 6.61 Å². The number of hydrogen-bond acceptors (Lipinski definition) is 3. The molecule has 1 aliphatic rings. The number of halogens is 1. The maximum Gasteiger partial charge on any atom is 0.0824 e. The van der Waals surface area contributed by atoms with Crippen molar-refractivity contribution in [1.29, 1.82) is 0 Å². The molecule has 0 amide bonds. The van der Waals surface area contributed by atoms with Gasteiger partial charge in [0.1, 0.15) is 0 Å². The van der Waals surface area contributed by atoms with Crippen LogP contribution in [0.5, 0.6) is 0 Å². The van der Waals surface area contributed by atoms with Gasteiger partial charge in [-0.2, -0.15) is 0 Å². The number of ether oxygens (including phenoxy) is 1. The van der Waals surface area contributed by atoms with Crippen molar-refractivity contribution in [1.82, 2.24) is 0 Å². The fraction of sp³-hybridized carbons (Fsp3) is 0.667. The van der Waals surface area contributed by atoms with Crippen LogP contribution in [0.25, 0.3) is 0 Å². The second-order valence-corrected chi connectivity index (χ2v) is 6.18. The molecule has 0 unspecified atom stereocenters. The van der Waals surface area contributed by atoms with E-state index in [9.17, 15) is 0 Å². The summed E-state index contributed by atoms with van der Waals surface area (Å²) in [6.45, 7) is 1.05. The van der Waals surface area contributed by atoms with E-state index in [2.05, 4.69) is 27.4 Å². The van der Waals surface area contributed by atoms with E-state index in [1.807, 2.05) is 0 Å². The van der Waals surface area contributed by atoms with Gasteiger partial charge in [0.25, 0.3) is 0 Å². The normalized spacial score (nSPS) is 25.9. The number of thiophene rings is 1. The van der Waals surface area contributed by atoms with Gasteiger partial charge in [-0.1, -0.05) is 0 Å². The monoisotopic (exact) mass is 304 g/mol. The van der Waals surface area contributed by atoms with Gasteiger partial charge in [0, 0.05) is 16.0 Å². The van der Waals surface area contributed by atoms with Gasteiger partial charge in [-0.3, -0.25) is 0 Å². The predicted octanol–water partition coefficient (Wildman–Crippen LogP) is 3.58. The Morgan fingerprint density at radius 2 is 2.12 bits per heavy atom. The topological polar surface area (TPSA) is 29.5 Å². The summed E-state index contributed by atoms with van der Waals surface area (Å²) in [6, 6.07) is 2.06. The largest absolute Gasteiger partial charge is 0.396 e. The van der Waals surface area contributed by atoms with Crippen LogP contribution in [0.1, 0.15) is 30.6 Å². The quantitative estimate of drug-likeness (QED) is 0.921. The third-order valence-corrected chi connectivity index (χ3v) is 5.09. The molecule has 1 fully saturated rings. The van der Waals surface area contributed by atoms with Crippen LogP contribution in [-0.2, 0) is 11.3 Å². The van der Waals surface area contributed by atoms with Crippen molar-refractivity contribution in [2.24, 2.45) is 5.92 Å². The number of aliphatic hydroxyl groups is 1. The first kappa shape index (κ1) is 12.6. The van der Waals surface area contributed by atoms with Gasteiger partial charge in [-0.25, -0.2) is 0 Å². The molecule has 1 aromatic heterocycles. The lowest BCUT2D eigenvalue weighted by atomic mass is 9.88. The molecule has 2 nitrogen and oxygen atoms in total. The molecule has 1 saturated carbocycles. The number of rotatable bonds is 4. The lowest BCUT2D eigenvalue weighted by Crippen LogP contribution is -2.23. The minimum atomic E-state index is 0.337. The average Bonchev–Trinajstić information content (AvgIpc) is 2.73. The summed E-state index contributed by atoms with van der Waals surface area (Å²) >= 11 is 5.24. The Morgan fingerprint density at radius 1 is 1.38 bits per heavy atom. The van der Waals surface area contributed by atoms with Gasteiger partial charge in [-0.15, -0.1) is 11.3 Å². The summed E-state index contributed by atoms with van der Waals surface area (Å²) in [5.41, 5.74) is 0. The molecule has 1 aliphatic carbocycles. The van der Waals surface area contributed by atoms with E-state index in [0.717, 1.165) is 30.2 Å². The minimum Gasteiger partial charge on any atom is -0.396 e. The maximum atomic E-state index is 9.05. The summed E-state index contributed by atoms with van der Waals surface area (Å²) in [6.07, 6.45) is 4.78. The van der Waals surface area contributed by atoms with Crippen molar-refractivity contribution in [3.63, 3.8) is 0 Å². The van der Waals surface area contributed by atoms with Crippen molar-refractivity contribution < 1.29 is 9.84 Å². The van der Waals surface area contributed by atoms with Gasteiger partial charge >= 0.3 is 0 Å². The molecular formula is C12H17BrO2S. The summed E-state index contributed by atoms with van der Waals surface area (Å²) in [7, 11) is 0. The molecule has 0 aliphatic heterocycles. The molecule has 1 heterocycles. The summed E-state index contributed by atoms with van der Waals surface area (Å²) in [5, 5.41) is 11.1. The van der Waals surface area contributed by atoms with Gasteiger partial charge in [0.05, 0.1) is 12.7 Å². The van der Waals surface area contributed by atoms with Gasteiger partial charge in [-0.05, 0) is 59.0 Å². The van der Waals surface area contributed by atoms with Crippen LogP contribution in [0, 0.1) is 5.92 Å². The van der Waals surface area contributed by atoms with E-state index in [0.29, 0.717) is 25.2 Å². The van der Waals surface area contributed by atoms with Crippen LogP contribution >= 0.6 is 27.3 Å². The third-order valence-electron chi connectivity index (χ3n) is 3.19. The molecule has 0 spiro atoms. The Labute approximate surface area is 109 Å². The summed E-state index contributed by atoms with van der Waals surface area (Å²) in [5.74, 6) is 0.508. The Bertz CT molecular complexity index is 319.